The molecule has 0 bridgehead atoms. The number of piperazine rings is 1. The highest BCUT2D eigenvalue weighted by Crippen LogP contribution is 2.41. The van der Waals surface area contributed by atoms with Crippen LogP contribution in [0.15, 0.2) is 30.5 Å². The smallest absolute Gasteiger partial charge is 0.409 e. The fraction of sp³-hybridized carbons (Fsp3) is 0.464. The molecule has 2 aliphatic rings. The van der Waals surface area contributed by atoms with Gasteiger partial charge >= 0.3 is 12.1 Å². The van der Waals surface area contributed by atoms with Gasteiger partial charge in [0.1, 0.15) is 0 Å². The molecule has 0 spiro atoms. The Morgan fingerprint density at radius 3 is 2.58 bits per heavy atom. The summed E-state index contributed by atoms with van der Waals surface area (Å²) in [6.45, 7) is 7.06. The maximum atomic E-state index is 12.8. The molecule has 10 heteroatoms. The average Bonchev–Trinajstić information content (AvgIpc) is 3.53. The van der Waals surface area contributed by atoms with Crippen LogP contribution in [0.5, 0.6) is 0 Å². The molecule has 38 heavy (non-hydrogen) atoms. The molecule has 2 aliphatic heterocycles. The van der Waals surface area contributed by atoms with Crippen molar-refractivity contribution in [3.63, 3.8) is 0 Å². The zero-order chi connectivity index (χ0) is 26.9. The molecule has 0 saturated carbocycles. The van der Waals surface area contributed by atoms with Crippen molar-refractivity contribution in [1.29, 1.82) is 0 Å². The molecule has 10 nitrogen and oxygen atoms in total. The molecule has 1 saturated heterocycles. The number of urea groups is 1. The molecular weight excluding hydrogens is 484 g/mol. The summed E-state index contributed by atoms with van der Waals surface area (Å²) in [5, 5.41) is 8.87. The Bertz CT molecular complexity index is 1150. The lowest BCUT2D eigenvalue weighted by atomic mass is 10.0. The van der Waals surface area contributed by atoms with Crippen LogP contribution in [0.1, 0.15) is 57.2 Å². The minimum atomic E-state index is -0.316. The highest BCUT2D eigenvalue weighted by molar-refractivity contribution is 6.35. The van der Waals surface area contributed by atoms with Crippen molar-refractivity contribution in [3.05, 3.63) is 41.7 Å². The third kappa shape index (κ3) is 6.67. The largest absolute Gasteiger partial charge is 0.450 e. The van der Waals surface area contributed by atoms with Crippen LogP contribution in [-0.2, 0) is 9.53 Å². The predicted octanol–water partition coefficient (Wildman–Crippen LogP) is 4.88. The molecule has 3 heterocycles. The summed E-state index contributed by atoms with van der Waals surface area (Å²) in [5.74, 6) is -0.193. The van der Waals surface area contributed by atoms with E-state index >= 15 is 0 Å². The van der Waals surface area contributed by atoms with Gasteiger partial charge in [-0.1, -0.05) is 32.6 Å². The second-order valence-corrected chi connectivity index (χ2v) is 9.52. The number of H-pyrrole nitrogens is 1. The topological polar surface area (TPSA) is 119 Å². The minimum Gasteiger partial charge on any atom is -0.450 e. The van der Waals surface area contributed by atoms with Gasteiger partial charge in [-0.05, 0) is 43.7 Å². The number of aromatic nitrogens is 1. The number of nitrogens with zero attached hydrogens (tertiary/aromatic N) is 2. The number of aromatic amines is 1. The number of fused-ring (bicyclic) bond motifs is 1. The Hall–Kier alpha value is -3.95. The Morgan fingerprint density at radius 1 is 1.08 bits per heavy atom. The fourth-order valence-electron chi connectivity index (χ4n) is 4.76. The molecule has 2 aromatic rings. The first kappa shape index (κ1) is 27.1. The maximum Gasteiger partial charge on any atom is 0.409 e. The Kier molecular flexibility index (Phi) is 9.29. The lowest BCUT2D eigenvalue weighted by Gasteiger charge is -2.36. The number of carbonyl (C=O) groups excluding carboxylic acids is 3. The highest BCUT2D eigenvalue weighted by atomic mass is 16.6. The zero-order valence-corrected chi connectivity index (χ0v) is 22.3. The van der Waals surface area contributed by atoms with Crippen molar-refractivity contribution >= 4 is 46.7 Å². The molecular formula is C28H38N6O4. The van der Waals surface area contributed by atoms with Gasteiger partial charge in [-0.3, -0.25) is 4.79 Å². The van der Waals surface area contributed by atoms with Gasteiger partial charge in [0.2, 0.25) is 0 Å². The maximum absolute atomic E-state index is 12.8. The van der Waals surface area contributed by atoms with Gasteiger partial charge < -0.3 is 35.5 Å². The van der Waals surface area contributed by atoms with E-state index in [0.717, 1.165) is 29.8 Å². The summed E-state index contributed by atoms with van der Waals surface area (Å²) in [6.07, 6.45) is 8.90. The number of ether oxygens (including phenoxy) is 1. The van der Waals surface area contributed by atoms with E-state index in [9.17, 15) is 14.4 Å². The number of hydrogen-bond donors (Lipinski definition) is 4. The predicted molar refractivity (Wildman–Crippen MR) is 150 cm³/mol. The molecule has 204 valence electrons. The van der Waals surface area contributed by atoms with Gasteiger partial charge in [-0.2, -0.15) is 0 Å². The van der Waals surface area contributed by atoms with E-state index in [1.54, 1.807) is 11.8 Å². The molecule has 1 aromatic carbocycles. The number of unbranched alkanes of at least 4 members (excludes halogenated alkanes) is 4. The van der Waals surface area contributed by atoms with E-state index in [0.29, 0.717) is 56.3 Å². The standard InChI is InChI=1S/C28H38N6O4/c1-3-5-6-7-8-11-30-27(36)32-24-19-23-21(22(26(35)31-23)17-20-10-9-12-29-20)18-25(24)33-13-15-34(16-14-33)28(37)38-4-2/h9-10,12,17-19,29H,3-8,11,13-16H2,1-2H3,(H,31,35)(H2,30,32,36)/b22-17-. The van der Waals surface area contributed by atoms with Crippen LogP contribution in [0.2, 0.25) is 0 Å². The molecule has 0 radical (unpaired) electrons. The number of carbonyl (C=O) groups is 3. The van der Waals surface area contributed by atoms with Crippen molar-refractivity contribution in [2.75, 3.05) is 54.9 Å². The van der Waals surface area contributed by atoms with Crippen LogP contribution >= 0.6 is 0 Å². The van der Waals surface area contributed by atoms with Gasteiger partial charge in [0, 0.05) is 50.2 Å². The van der Waals surface area contributed by atoms with Crippen molar-refractivity contribution < 1.29 is 19.1 Å². The molecule has 0 atom stereocenters. The average molecular weight is 523 g/mol. The summed E-state index contributed by atoms with van der Waals surface area (Å²) in [6, 6.07) is 7.26. The van der Waals surface area contributed by atoms with E-state index < -0.39 is 0 Å². The van der Waals surface area contributed by atoms with Crippen molar-refractivity contribution in [2.45, 2.75) is 46.0 Å². The number of nitrogens with one attached hydrogen (secondary N) is 4. The molecule has 4 rings (SSSR count). The summed E-state index contributed by atoms with van der Waals surface area (Å²) < 4.78 is 5.15. The van der Waals surface area contributed by atoms with Crippen LogP contribution in [0, 0.1) is 0 Å². The molecule has 4 amide bonds. The van der Waals surface area contributed by atoms with Crippen molar-refractivity contribution in [1.82, 2.24) is 15.2 Å². The van der Waals surface area contributed by atoms with E-state index in [1.165, 1.54) is 19.3 Å². The first-order valence-electron chi connectivity index (χ1n) is 13.6. The fourth-order valence-corrected chi connectivity index (χ4v) is 4.76. The molecule has 1 aromatic heterocycles. The third-order valence-electron chi connectivity index (χ3n) is 6.80. The van der Waals surface area contributed by atoms with E-state index in [2.05, 4.69) is 32.8 Å². The number of anilines is 3. The SMILES string of the molecule is CCCCCCCNC(=O)Nc1cc2c(cc1N1CCN(C(=O)OCC)CC1)/C(=C/c1ccc[nH]1)C(=O)N2. The number of hydrogen-bond acceptors (Lipinski definition) is 5. The zero-order valence-electron chi connectivity index (χ0n) is 22.3. The molecule has 0 aliphatic carbocycles. The van der Waals surface area contributed by atoms with E-state index in [4.69, 9.17) is 4.74 Å². The monoisotopic (exact) mass is 522 g/mol. The first-order chi connectivity index (χ1) is 18.5. The van der Waals surface area contributed by atoms with Crippen LogP contribution < -0.4 is 20.9 Å². The Morgan fingerprint density at radius 2 is 1.87 bits per heavy atom. The van der Waals surface area contributed by atoms with Crippen molar-refractivity contribution in [3.8, 4) is 0 Å². The van der Waals surface area contributed by atoms with Crippen LogP contribution in [-0.4, -0.2) is 67.2 Å². The van der Waals surface area contributed by atoms with Gasteiger partial charge in [-0.25, -0.2) is 9.59 Å². The Balaban J connectivity index is 1.54. The van der Waals surface area contributed by atoms with Crippen LogP contribution in [0.3, 0.4) is 0 Å². The van der Waals surface area contributed by atoms with Crippen LogP contribution in [0.25, 0.3) is 11.6 Å². The highest BCUT2D eigenvalue weighted by Gasteiger charge is 2.29. The second kappa shape index (κ2) is 13.0. The number of amides is 4. The minimum absolute atomic E-state index is 0.193. The Labute approximate surface area is 223 Å². The van der Waals surface area contributed by atoms with E-state index in [1.807, 2.05) is 36.5 Å². The third-order valence-corrected chi connectivity index (χ3v) is 6.80. The summed E-state index contributed by atoms with van der Waals surface area (Å²) >= 11 is 0. The van der Waals surface area contributed by atoms with Crippen LogP contribution in [0.4, 0.5) is 26.7 Å². The second-order valence-electron chi connectivity index (χ2n) is 9.52. The number of benzene rings is 1. The van der Waals surface area contributed by atoms with Gasteiger partial charge in [-0.15, -0.1) is 0 Å². The van der Waals surface area contributed by atoms with Gasteiger partial charge in [0.15, 0.2) is 0 Å². The summed E-state index contributed by atoms with van der Waals surface area (Å²) in [4.78, 5) is 44.7. The first-order valence-corrected chi connectivity index (χ1v) is 13.6. The lowest BCUT2D eigenvalue weighted by Crippen LogP contribution is -2.49. The summed E-state index contributed by atoms with van der Waals surface area (Å²) in [5.41, 5.74) is 4.22. The van der Waals surface area contributed by atoms with Gasteiger partial charge in [0.05, 0.1) is 29.2 Å². The summed E-state index contributed by atoms with van der Waals surface area (Å²) in [7, 11) is 0. The normalized spacial score (nSPS) is 15.8. The quantitative estimate of drug-likeness (QED) is 0.262. The van der Waals surface area contributed by atoms with Crippen molar-refractivity contribution in [2.24, 2.45) is 0 Å². The van der Waals surface area contributed by atoms with E-state index in [-0.39, 0.29) is 18.0 Å². The van der Waals surface area contributed by atoms with Gasteiger partial charge in [0.25, 0.3) is 5.91 Å². The molecule has 1 fully saturated rings. The molecule has 4 N–H and O–H groups in total. The molecule has 0 unspecified atom stereocenters. The number of rotatable bonds is 10. The lowest BCUT2D eigenvalue weighted by molar-refractivity contribution is -0.110.